The summed E-state index contributed by atoms with van der Waals surface area (Å²) in [5.74, 6) is 0.264. The van der Waals surface area contributed by atoms with Gasteiger partial charge in [0.2, 0.25) is 0 Å². The minimum absolute atomic E-state index is 0.293. The highest BCUT2D eigenvalue weighted by atomic mass is 19.1. The summed E-state index contributed by atoms with van der Waals surface area (Å²) in [6.07, 6.45) is 9.08. The van der Waals surface area contributed by atoms with E-state index < -0.39 is 0 Å². The summed E-state index contributed by atoms with van der Waals surface area (Å²) >= 11 is 0. The third kappa shape index (κ3) is 3.71. The highest BCUT2D eigenvalue weighted by molar-refractivity contribution is 5.89. The SMILES string of the molecule is Fc1cccc2ncnc(NCCCOC3CCCCC3)c12. The lowest BCUT2D eigenvalue weighted by Gasteiger charge is -2.22. The molecule has 118 valence electrons. The van der Waals surface area contributed by atoms with E-state index in [9.17, 15) is 4.39 Å². The van der Waals surface area contributed by atoms with E-state index in [1.807, 2.05) is 0 Å². The molecule has 5 heteroatoms. The Morgan fingerprint density at radius 3 is 2.91 bits per heavy atom. The van der Waals surface area contributed by atoms with Crippen LogP contribution in [0, 0.1) is 5.82 Å². The van der Waals surface area contributed by atoms with Gasteiger partial charge in [-0.2, -0.15) is 0 Å². The Morgan fingerprint density at radius 1 is 1.18 bits per heavy atom. The van der Waals surface area contributed by atoms with Crippen LogP contribution in [0.15, 0.2) is 24.5 Å². The molecule has 1 saturated carbocycles. The van der Waals surface area contributed by atoms with Crippen LogP contribution >= 0.6 is 0 Å². The summed E-state index contributed by atoms with van der Waals surface area (Å²) in [5, 5.41) is 3.65. The topological polar surface area (TPSA) is 47.0 Å². The number of aromatic nitrogens is 2. The second-order valence-electron chi connectivity index (χ2n) is 5.77. The Balaban J connectivity index is 1.49. The van der Waals surface area contributed by atoms with Gasteiger partial charge in [0.15, 0.2) is 0 Å². The van der Waals surface area contributed by atoms with Gasteiger partial charge in [-0.25, -0.2) is 14.4 Å². The number of anilines is 1. The van der Waals surface area contributed by atoms with Crippen LogP contribution in [-0.4, -0.2) is 29.2 Å². The molecule has 1 aliphatic carbocycles. The summed E-state index contributed by atoms with van der Waals surface area (Å²) in [6, 6.07) is 4.88. The van der Waals surface area contributed by atoms with Crippen molar-refractivity contribution in [2.24, 2.45) is 0 Å². The minimum Gasteiger partial charge on any atom is -0.378 e. The van der Waals surface area contributed by atoms with E-state index in [2.05, 4.69) is 15.3 Å². The molecule has 1 aliphatic rings. The molecule has 2 aromatic rings. The fourth-order valence-electron chi connectivity index (χ4n) is 2.96. The molecule has 0 radical (unpaired) electrons. The molecule has 1 heterocycles. The van der Waals surface area contributed by atoms with Crippen LogP contribution in [0.2, 0.25) is 0 Å². The summed E-state index contributed by atoms with van der Waals surface area (Å²) in [6.45, 7) is 1.45. The number of benzene rings is 1. The quantitative estimate of drug-likeness (QED) is 0.822. The van der Waals surface area contributed by atoms with Gasteiger partial charge in [-0.15, -0.1) is 0 Å². The van der Waals surface area contributed by atoms with Gasteiger partial charge in [0, 0.05) is 13.2 Å². The van der Waals surface area contributed by atoms with E-state index in [4.69, 9.17) is 4.74 Å². The Morgan fingerprint density at radius 2 is 2.05 bits per heavy atom. The van der Waals surface area contributed by atoms with Gasteiger partial charge in [-0.1, -0.05) is 25.3 Å². The van der Waals surface area contributed by atoms with Crippen molar-refractivity contribution in [2.45, 2.75) is 44.6 Å². The van der Waals surface area contributed by atoms with Crippen molar-refractivity contribution in [1.82, 2.24) is 9.97 Å². The number of hydrogen-bond donors (Lipinski definition) is 1. The largest absolute Gasteiger partial charge is 0.378 e. The van der Waals surface area contributed by atoms with Crippen molar-refractivity contribution in [3.8, 4) is 0 Å². The summed E-state index contributed by atoms with van der Waals surface area (Å²) in [7, 11) is 0. The second-order valence-corrected chi connectivity index (χ2v) is 5.77. The molecule has 3 rings (SSSR count). The van der Waals surface area contributed by atoms with Crippen molar-refractivity contribution in [1.29, 1.82) is 0 Å². The van der Waals surface area contributed by atoms with Crippen LogP contribution in [0.3, 0.4) is 0 Å². The predicted molar refractivity (Wildman–Crippen MR) is 85.4 cm³/mol. The van der Waals surface area contributed by atoms with E-state index in [0.29, 0.717) is 29.4 Å². The molecule has 0 saturated heterocycles. The van der Waals surface area contributed by atoms with E-state index >= 15 is 0 Å². The lowest BCUT2D eigenvalue weighted by Crippen LogP contribution is -2.18. The maximum Gasteiger partial charge on any atom is 0.140 e. The van der Waals surface area contributed by atoms with Crippen LogP contribution in [0.25, 0.3) is 10.9 Å². The maximum absolute atomic E-state index is 13.9. The maximum atomic E-state index is 13.9. The van der Waals surface area contributed by atoms with E-state index in [1.54, 1.807) is 12.1 Å². The first-order chi connectivity index (χ1) is 10.8. The molecule has 1 fully saturated rings. The Bertz CT molecular complexity index is 609. The summed E-state index contributed by atoms with van der Waals surface area (Å²) < 4.78 is 19.8. The lowest BCUT2D eigenvalue weighted by atomic mass is 9.98. The molecule has 0 atom stereocenters. The molecule has 1 N–H and O–H groups in total. The molecule has 0 spiro atoms. The molecule has 22 heavy (non-hydrogen) atoms. The molecule has 4 nitrogen and oxygen atoms in total. The second kappa shape index (κ2) is 7.49. The average Bonchev–Trinajstić information content (AvgIpc) is 2.56. The van der Waals surface area contributed by atoms with Crippen molar-refractivity contribution in [3.63, 3.8) is 0 Å². The average molecular weight is 303 g/mol. The van der Waals surface area contributed by atoms with Crippen molar-refractivity contribution in [3.05, 3.63) is 30.3 Å². The van der Waals surface area contributed by atoms with Crippen LogP contribution in [-0.2, 0) is 4.74 Å². The van der Waals surface area contributed by atoms with Crippen molar-refractivity contribution < 1.29 is 9.13 Å². The molecule has 1 aromatic heterocycles. The highest BCUT2D eigenvalue weighted by Crippen LogP contribution is 2.22. The molecule has 1 aromatic carbocycles. The first kappa shape index (κ1) is 15.2. The van der Waals surface area contributed by atoms with E-state index in [0.717, 1.165) is 13.0 Å². The summed E-state index contributed by atoms with van der Waals surface area (Å²) in [5.41, 5.74) is 0.621. The number of rotatable bonds is 6. The van der Waals surface area contributed by atoms with Gasteiger partial charge < -0.3 is 10.1 Å². The number of halogens is 1. The first-order valence-electron chi connectivity index (χ1n) is 8.09. The minimum atomic E-state index is -0.293. The Labute approximate surface area is 130 Å². The smallest absolute Gasteiger partial charge is 0.140 e. The predicted octanol–water partition coefficient (Wildman–Crippen LogP) is 3.92. The molecule has 0 bridgehead atoms. The Kier molecular flexibility index (Phi) is 5.16. The van der Waals surface area contributed by atoms with Crippen LogP contribution in [0.5, 0.6) is 0 Å². The highest BCUT2D eigenvalue weighted by Gasteiger charge is 2.13. The van der Waals surface area contributed by atoms with Gasteiger partial charge in [-0.05, 0) is 31.4 Å². The Hall–Kier alpha value is -1.75. The lowest BCUT2D eigenvalue weighted by molar-refractivity contribution is 0.0284. The van der Waals surface area contributed by atoms with Crippen LogP contribution in [0.4, 0.5) is 10.2 Å². The normalized spacial score (nSPS) is 16.0. The standard InChI is InChI=1S/C17H22FN3O/c18-14-8-4-9-15-16(14)17(21-12-20-15)19-10-5-11-22-13-6-2-1-3-7-13/h4,8-9,12-13H,1-3,5-7,10-11H2,(H,19,20,21). The zero-order chi connectivity index (χ0) is 15.2. The van der Waals surface area contributed by atoms with Gasteiger partial charge in [0.25, 0.3) is 0 Å². The molecule has 0 unspecified atom stereocenters. The number of nitrogens with one attached hydrogen (secondary N) is 1. The number of hydrogen-bond acceptors (Lipinski definition) is 4. The van der Waals surface area contributed by atoms with E-state index in [-0.39, 0.29) is 5.82 Å². The number of nitrogens with zero attached hydrogens (tertiary/aromatic N) is 2. The van der Waals surface area contributed by atoms with Crippen LogP contribution in [0.1, 0.15) is 38.5 Å². The zero-order valence-electron chi connectivity index (χ0n) is 12.7. The fraction of sp³-hybridized carbons (Fsp3) is 0.529. The van der Waals surface area contributed by atoms with Gasteiger partial charge in [-0.3, -0.25) is 0 Å². The third-order valence-electron chi connectivity index (χ3n) is 4.13. The van der Waals surface area contributed by atoms with Gasteiger partial charge in [0.05, 0.1) is 17.0 Å². The molecule has 0 amide bonds. The van der Waals surface area contributed by atoms with E-state index in [1.165, 1.54) is 44.5 Å². The van der Waals surface area contributed by atoms with Gasteiger partial charge >= 0.3 is 0 Å². The third-order valence-corrected chi connectivity index (χ3v) is 4.13. The monoisotopic (exact) mass is 303 g/mol. The zero-order valence-corrected chi connectivity index (χ0v) is 12.7. The van der Waals surface area contributed by atoms with Gasteiger partial charge in [0.1, 0.15) is 18.0 Å². The molecular formula is C17H22FN3O. The summed E-state index contributed by atoms with van der Waals surface area (Å²) in [4.78, 5) is 8.24. The number of fused-ring (bicyclic) bond motifs is 1. The van der Waals surface area contributed by atoms with Crippen LogP contribution < -0.4 is 5.32 Å². The molecule has 0 aliphatic heterocycles. The van der Waals surface area contributed by atoms with Crippen molar-refractivity contribution in [2.75, 3.05) is 18.5 Å². The molecular weight excluding hydrogens is 281 g/mol. The van der Waals surface area contributed by atoms with Crippen molar-refractivity contribution >= 4 is 16.7 Å². The fourth-order valence-corrected chi connectivity index (χ4v) is 2.96. The number of ether oxygens (including phenoxy) is 1. The first-order valence-corrected chi connectivity index (χ1v) is 8.09.